The van der Waals surface area contributed by atoms with Crippen molar-refractivity contribution in [1.29, 1.82) is 5.26 Å². The van der Waals surface area contributed by atoms with E-state index in [0.29, 0.717) is 23.6 Å². The second kappa shape index (κ2) is 9.22. The lowest BCUT2D eigenvalue weighted by Crippen LogP contribution is -2.39. The summed E-state index contributed by atoms with van der Waals surface area (Å²) in [6.07, 6.45) is 0. The third-order valence-electron chi connectivity index (χ3n) is 3.51. The highest BCUT2D eigenvalue weighted by atomic mass is 16.5. The van der Waals surface area contributed by atoms with Crippen molar-refractivity contribution >= 4 is 17.5 Å². The van der Waals surface area contributed by atoms with Crippen molar-refractivity contribution in [3.8, 4) is 17.6 Å². The van der Waals surface area contributed by atoms with Crippen molar-refractivity contribution in [2.24, 2.45) is 0 Å². The molecule has 0 saturated heterocycles. The summed E-state index contributed by atoms with van der Waals surface area (Å²) in [6.45, 7) is 3.49. The molecular weight excluding hydrogens is 348 g/mol. The molecule has 1 atom stereocenters. The van der Waals surface area contributed by atoms with Gasteiger partial charge in [0.15, 0.2) is 0 Å². The first kappa shape index (κ1) is 19.8. The fourth-order valence-corrected chi connectivity index (χ4v) is 2.37. The number of nitrogens with zero attached hydrogens (tertiary/aromatic N) is 1. The second-order valence-corrected chi connectivity index (χ2v) is 5.58. The zero-order valence-corrected chi connectivity index (χ0v) is 14.9. The molecule has 0 spiro atoms. The lowest BCUT2D eigenvalue weighted by atomic mass is 10.1. The van der Waals surface area contributed by atoms with Gasteiger partial charge in [-0.25, -0.2) is 5.43 Å². The second-order valence-electron chi connectivity index (χ2n) is 5.58. The molecule has 0 unspecified atom stereocenters. The van der Waals surface area contributed by atoms with Gasteiger partial charge in [-0.2, -0.15) is 5.26 Å². The average Bonchev–Trinajstić information content (AvgIpc) is 2.62. The number of hydrogen-bond acceptors (Lipinski definition) is 6. The van der Waals surface area contributed by atoms with E-state index >= 15 is 0 Å². The standard InChI is InChI=1S/C19H20N4O4/c1-3-27-18-10-14(21-12(2)24)7-8-16(18)19(26)23-22-17(11-20)13-5-4-6-15(25)9-13/h4-10,17,22,25H,3H2,1-2H3,(H,21,24)(H,23,26)/t17-/m0/s1. The van der Waals surface area contributed by atoms with Crippen LogP contribution in [0.15, 0.2) is 42.5 Å². The fourth-order valence-electron chi connectivity index (χ4n) is 2.37. The van der Waals surface area contributed by atoms with E-state index in [2.05, 4.69) is 16.2 Å². The van der Waals surface area contributed by atoms with Gasteiger partial charge >= 0.3 is 0 Å². The number of hydrogen-bond donors (Lipinski definition) is 4. The summed E-state index contributed by atoms with van der Waals surface area (Å²) in [6, 6.07) is 12.0. The van der Waals surface area contributed by atoms with E-state index < -0.39 is 11.9 Å². The SMILES string of the molecule is CCOc1cc(NC(C)=O)ccc1C(=O)NN[C@@H](C#N)c1cccc(O)c1. The molecule has 0 aromatic heterocycles. The van der Waals surface area contributed by atoms with Crippen LogP contribution in [0.4, 0.5) is 5.69 Å². The number of aromatic hydroxyl groups is 1. The van der Waals surface area contributed by atoms with Crippen LogP contribution in [0.3, 0.4) is 0 Å². The molecule has 4 N–H and O–H groups in total. The fraction of sp³-hybridized carbons (Fsp3) is 0.211. The van der Waals surface area contributed by atoms with E-state index in [1.165, 1.54) is 25.1 Å². The van der Waals surface area contributed by atoms with Crippen molar-refractivity contribution in [2.45, 2.75) is 19.9 Å². The van der Waals surface area contributed by atoms with Crippen molar-refractivity contribution < 1.29 is 19.4 Å². The molecule has 8 nitrogen and oxygen atoms in total. The maximum Gasteiger partial charge on any atom is 0.269 e. The van der Waals surface area contributed by atoms with Gasteiger partial charge in [-0.15, -0.1) is 0 Å². The zero-order chi connectivity index (χ0) is 19.8. The maximum atomic E-state index is 12.5. The van der Waals surface area contributed by atoms with Gasteiger partial charge in [0.1, 0.15) is 17.5 Å². The first-order chi connectivity index (χ1) is 12.9. The van der Waals surface area contributed by atoms with Gasteiger partial charge in [-0.05, 0) is 36.8 Å². The zero-order valence-electron chi connectivity index (χ0n) is 14.9. The molecule has 2 rings (SSSR count). The van der Waals surface area contributed by atoms with Crippen LogP contribution in [0, 0.1) is 11.3 Å². The van der Waals surface area contributed by atoms with E-state index in [4.69, 9.17) is 4.74 Å². The first-order valence-electron chi connectivity index (χ1n) is 8.23. The van der Waals surface area contributed by atoms with Crippen LogP contribution < -0.4 is 20.9 Å². The minimum atomic E-state index is -0.852. The van der Waals surface area contributed by atoms with Crippen molar-refractivity contribution in [1.82, 2.24) is 10.9 Å². The summed E-state index contributed by atoms with van der Waals surface area (Å²) in [5.41, 5.74) is 6.35. The topological polar surface area (TPSA) is 123 Å². The number of anilines is 1. The summed E-state index contributed by atoms with van der Waals surface area (Å²) in [7, 11) is 0. The minimum Gasteiger partial charge on any atom is -0.508 e. The molecule has 0 bridgehead atoms. The number of phenols is 1. The molecule has 0 saturated carbocycles. The Morgan fingerprint density at radius 3 is 2.67 bits per heavy atom. The number of amides is 2. The molecule has 27 heavy (non-hydrogen) atoms. The van der Waals surface area contributed by atoms with Gasteiger partial charge in [0.25, 0.3) is 5.91 Å². The van der Waals surface area contributed by atoms with Crippen LogP contribution in [-0.2, 0) is 4.79 Å². The van der Waals surface area contributed by atoms with E-state index in [1.807, 2.05) is 6.07 Å². The van der Waals surface area contributed by atoms with Gasteiger partial charge in [-0.1, -0.05) is 12.1 Å². The maximum absolute atomic E-state index is 12.5. The summed E-state index contributed by atoms with van der Waals surface area (Å²) in [4.78, 5) is 23.7. The van der Waals surface area contributed by atoms with E-state index in [1.54, 1.807) is 31.2 Å². The quantitative estimate of drug-likeness (QED) is 0.556. The Morgan fingerprint density at radius 1 is 1.26 bits per heavy atom. The normalized spacial score (nSPS) is 11.1. The molecule has 2 amide bonds. The van der Waals surface area contributed by atoms with Crippen LogP contribution in [0.5, 0.6) is 11.5 Å². The number of benzene rings is 2. The number of rotatable bonds is 7. The monoisotopic (exact) mass is 368 g/mol. The molecule has 0 radical (unpaired) electrons. The Labute approximate surface area is 156 Å². The van der Waals surface area contributed by atoms with Gasteiger partial charge in [0.2, 0.25) is 5.91 Å². The Bertz CT molecular complexity index is 876. The molecule has 8 heteroatoms. The predicted octanol–water partition coefficient (Wildman–Crippen LogP) is 2.25. The van der Waals surface area contributed by atoms with E-state index in [0.717, 1.165) is 0 Å². The number of phenolic OH excluding ortho intramolecular Hbond substituents is 1. The number of hydrazine groups is 1. The number of carbonyl (C=O) groups is 2. The molecule has 0 aliphatic carbocycles. The van der Waals surface area contributed by atoms with Crippen LogP contribution in [0.2, 0.25) is 0 Å². The number of nitrogens with one attached hydrogen (secondary N) is 3. The Kier molecular flexibility index (Phi) is 6.74. The van der Waals surface area contributed by atoms with Gasteiger partial charge in [0, 0.05) is 18.7 Å². The molecule has 2 aromatic rings. The van der Waals surface area contributed by atoms with Crippen LogP contribution in [-0.4, -0.2) is 23.5 Å². The Morgan fingerprint density at radius 2 is 2.04 bits per heavy atom. The van der Waals surface area contributed by atoms with Crippen molar-refractivity contribution in [2.75, 3.05) is 11.9 Å². The third-order valence-corrected chi connectivity index (χ3v) is 3.51. The molecule has 0 aliphatic rings. The minimum absolute atomic E-state index is 0.0214. The van der Waals surface area contributed by atoms with Gasteiger partial charge in [0.05, 0.1) is 18.2 Å². The third kappa shape index (κ3) is 5.45. The summed E-state index contributed by atoms with van der Waals surface area (Å²) in [5, 5.41) is 21.5. The molecular formula is C19H20N4O4. The average molecular weight is 368 g/mol. The van der Waals surface area contributed by atoms with Crippen molar-refractivity contribution in [3.63, 3.8) is 0 Å². The van der Waals surface area contributed by atoms with Gasteiger partial charge in [-0.3, -0.25) is 15.0 Å². The summed E-state index contributed by atoms with van der Waals surface area (Å²) >= 11 is 0. The Hall–Kier alpha value is -3.57. The molecule has 0 fully saturated rings. The highest BCUT2D eigenvalue weighted by Gasteiger charge is 2.16. The van der Waals surface area contributed by atoms with Crippen LogP contribution >= 0.6 is 0 Å². The summed E-state index contributed by atoms with van der Waals surface area (Å²) < 4.78 is 5.48. The molecule has 140 valence electrons. The first-order valence-corrected chi connectivity index (χ1v) is 8.23. The lowest BCUT2D eigenvalue weighted by molar-refractivity contribution is -0.114. The highest BCUT2D eigenvalue weighted by molar-refractivity contribution is 5.98. The Balaban J connectivity index is 2.14. The number of ether oxygens (including phenoxy) is 1. The lowest BCUT2D eigenvalue weighted by Gasteiger charge is -2.15. The predicted molar refractivity (Wildman–Crippen MR) is 99.0 cm³/mol. The molecule has 2 aromatic carbocycles. The van der Waals surface area contributed by atoms with E-state index in [-0.39, 0.29) is 17.2 Å². The number of carbonyl (C=O) groups excluding carboxylic acids is 2. The van der Waals surface area contributed by atoms with Crippen molar-refractivity contribution in [3.05, 3.63) is 53.6 Å². The largest absolute Gasteiger partial charge is 0.508 e. The number of nitriles is 1. The smallest absolute Gasteiger partial charge is 0.269 e. The van der Waals surface area contributed by atoms with Crippen LogP contribution in [0.25, 0.3) is 0 Å². The molecule has 0 aliphatic heterocycles. The van der Waals surface area contributed by atoms with Gasteiger partial charge < -0.3 is 15.2 Å². The van der Waals surface area contributed by atoms with E-state index in [9.17, 15) is 20.0 Å². The summed E-state index contributed by atoms with van der Waals surface area (Å²) in [5.74, 6) is -0.422. The molecule has 0 heterocycles. The van der Waals surface area contributed by atoms with Crippen LogP contribution in [0.1, 0.15) is 35.8 Å². The highest BCUT2D eigenvalue weighted by Crippen LogP contribution is 2.24.